The van der Waals surface area contributed by atoms with Crippen molar-refractivity contribution in [3.8, 4) is 11.8 Å². The first kappa shape index (κ1) is 13.1. The summed E-state index contributed by atoms with van der Waals surface area (Å²) in [6.07, 6.45) is 3.22. The predicted octanol–water partition coefficient (Wildman–Crippen LogP) is 3.97. The quantitative estimate of drug-likeness (QED) is 0.594. The molecule has 2 aromatic rings. The van der Waals surface area contributed by atoms with Gasteiger partial charge in [-0.2, -0.15) is 0 Å². The van der Waals surface area contributed by atoms with Crippen molar-refractivity contribution in [1.82, 2.24) is 0 Å². The Morgan fingerprint density at radius 3 is 2.37 bits per heavy atom. The largest absolute Gasteiger partial charge is 0.280 e. The van der Waals surface area contributed by atoms with E-state index in [2.05, 4.69) is 11.8 Å². The second-order valence-corrected chi connectivity index (χ2v) is 4.30. The molecule has 0 aromatic heterocycles. The Balaban J connectivity index is 2.02. The lowest BCUT2D eigenvalue weighted by Gasteiger charge is -1.90. The van der Waals surface area contributed by atoms with Gasteiger partial charge in [0, 0.05) is 10.6 Å². The van der Waals surface area contributed by atoms with Crippen molar-refractivity contribution < 1.29 is 4.79 Å². The van der Waals surface area contributed by atoms with E-state index in [1.54, 1.807) is 30.3 Å². The average Bonchev–Trinajstić information content (AvgIpc) is 2.45. The van der Waals surface area contributed by atoms with Crippen LogP contribution < -0.4 is 0 Å². The van der Waals surface area contributed by atoms with Gasteiger partial charge in [0.25, 0.3) is 0 Å². The smallest absolute Gasteiger partial charge is 0.229 e. The number of carbonyl (C=O) groups is 1. The average molecular weight is 267 g/mol. The molecule has 2 rings (SSSR count). The summed E-state index contributed by atoms with van der Waals surface area (Å²) in [7, 11) is 0. The van der Waals surface area contributed by atoms with Crippen LogP contribution in [0.2, 0.25) is 5.02 Å². The van der Waals surface area contributed by atoms with Gasteiger partial charge < -0.3 is 0 Å². The number of ketones is 1. The fraction of sp³-hybridized carbons (Fsp3) is 0. The third kappa shape index (κ3) is 4.46. The van der Waals surface area contributed by atoms with E-state index in [-0.39, 0.29) is 5.78 Å². The molecule has 0 spiro atoms. The summed E-state index contributed by atoms with van der Waals surface area (Å²) in [4.78, 5) is 11.6. The number of halogens is 1. The van der Waals surface area contributed by atoms with Crippen LogP contribution >= 0.6 is 11.6 Å². The Hall–Kier alpha value is -2.30. The Morgan fingerprint density at radius 1 is 1.00 bits per heavy atom. The first-order valence-corrected chi connectivity index (χ1v) is 6.16. The maximum Gasteiger partial charge on any atom is 0.229 e. The van der Waals surface area contributed by atoms with E-state index in [0.29, 0.717) is 5.02 Å². The van der Waals surface area contributed by atoms with Crippen LogP contribution in [0.4, 0.5) is 0 Å². The van der Waals surface area contributed by atoms with Gasteiger partial charge in [-0.05, 0) is 41.8 Å². The molecule has 2 aromatic carbocycles. The molecule has 92 valence electrons. The number of allylic oxidation sites excluding steroid dienone is 1. The first-order valence-electron chi connectivity index (χ1n) is 5.79. The molecule has 0 saturated heterocycles. The second-order valence-electron chi connectivity index (χ2n) is 3.87. The van der Waals surface area contributed by atoms with Gasteiger partial charge in [-0.25, -0.2) is 0 Å². The Bertz CT molecular complexity index is 643. The monoisotopic (exact) mass is 266 g/mol. The van der Waals surface area contributed by atoms with Gasteiger partial charge in [0.15, 0.2) is 0 Å². The van der Waals surface area contributed by atoms with Gasteiger partial charge in [0.05, 0.1) is 0 Å². The van der Waals surface area contributed by atoms with Gasteiger partial charge in [0.1, 0.15) is 0 Å². The predicted molar refractivity (Wildman–Crippen MR) is 78.8 cm³/mol. The highest BCUT2D eigenvalue weighted by Crippen LogP contribution is 2.08. The van der Waals surface area contributed by atoms with Crippen LogP contribution in [-0.2, 0) is 4.79 Å². The maximum atomic E-state index is 11.6. The van der Waals surface area contributed by atoms with Crippen molar-refractivity contribution in [3.63, 3.8) is 0 Å². The molecular formula is C17H11ClO. The van der Waals surface area contributed by atoms with Crippen molar-refractivity contribution in [3.05, 3.63) is 76.8 Å². The van der Waals surface area contributed by atoms with E-state index >= 15 is 0 Å². The Morgan fingerprint density at radius 2 is 1.68 bits per heavy atom. The second kappa shape index (κ2) is 6.58. The van der Waals surface area contributed by atoms with Crippen LogP contribution in [0.1, 0.15) is 11.1 Å². The lowest BCUT2D eigenvalue weighted by Crippen LogP contribution is -1.86. The third-order valence-electron chi connectivity index (χ3n) is 2.40. The van der Waals surface area contributed by atoms with Crippen molar-refractivity contribution in [2.24, 2.45) is 0 Å². The lowest BCUT2D eigenvalue weighted by molar-refractivity contribution is -0.109. The molecule has 0 radical (unpaired) electrons. The summed E-state index contributed by atoms with van der Waals surface area (Å²) >= 11 is 5.77. The van der Waals surface area contributed by atoms with Crippen molar-refractivity contribution in [2.75, 3.05) is 0 Å². The number of hydrogen-bond donors (Lipinski definition) is 0. The Kier molecular flexibility index (Phi) is 4.55. The minimum atomic E-state index is -0.223. The van der Waals surface area contributed by atoms with Crippen LogP contribution in [0.15, 0.2) is 60.7 Å². The van der Waals surface area contributed by atoms with Crippen molar-refractivity contribution in [2.45, 2.75) is 0 Å². The van der Waals surface area contributed by atoms with Gasteiger partial charge in [-0.15, -0.1) is 0 Å². The van der Waals surface area contributed by atoms with Gasteiger partial charge in [0.2, 0.25) is 5.78 Å². The van der Waals surface area contributed by atoms with Crippen molar-refractivity contribution >= 4 is 23.5 Å². The Labute approximate surface area is 117 Å². The summed E-state index contributed by atoms with van der Waals surface area (Å²) in [5.41, 5.74) is 1.75. The minimum Gasteiger partial charge on any atom is -0.280 e. The minimum absolute atomic E-state index is 0.223. The highest BCUT2D eigenvalue weighted by atomic mass is 35.5. The van der Waals surface area contributed by atoms with E-state index < -0.39 is 0 Å². The van der Waals surface area contributed by atoms with Crippen LogP contribution in [0.5, 0.6) is 0 Å². The molecular weight excluding hydrogens is 256 g/mol. The van der Waals surface area contributed by atoms with E-state index in [1.165, 1.54) is 6.08 Å². The molecule has 19 heavy (non-hydrogen) atoms. The molecule has 0 aliphatic heterocycles. The van der Waals surface area contributed by atoms with E-state index in [9.17, 15) is 4.79 Å². The van der Waals surface area contributed by atoms with Gasteiger partial charge >= 0.3 is 0 Å². The SMILES string of the molecule is O=C(C#Cc1ccc(Cl)cc1)/C=C/c1ccccc1. The third-order valence-corrected chi connectivity index (χ3v) is 2.65. The summed E-state index contributed by atoms with van der Waals surface area (Å²) < 4.78 is 0. The van der Waals surface area contributed by atoms with Crippen LogP contribution in [0, 0.1) is 11.8 Å². The summed E-state index contributed by atoms with van der Waals surface area (Å²) in [6.45, 7) is 0. The van der Waals surface area contributed by atoms with Crippen LogP contribution in [0.25, 0.3) is 6.08 Å². The molecule has 0 aliphatic rings. The zero-order valence-corrected chi connectivity index (χ0v) is 10.9. The van der Waals surface area contributed by atoms with Gasteiger partial charge in [-0.3, -0.25) is 4.79 Å². The van der Waals surface area contributed by atoms with E-state index in [4.69, 9.17) is 11.6 Å². The molecule has 0 bridgehead atoms. The maximum absolute atomic E-state index is 11.6. The topological polar surface area (TPSA) is 17.1 Å². The molecule has 0 amide bonds. The zero-order chi connectivity index (χ0) is 13.5. The molecule has 0 heterocycles. The highest BCUT2D eigenvalue weighted by Gasteiger charge is 1.91. The first-order chi connectivity index (χ1) is 9.24. The molecule has 0 aliphatic carbocycles. The van der Waals surface area contributed by atoms with E-state index in [0.717, 1.165) is 11.1 Å². The lowest BCUT2D eigenvalue weighted by atomic mass is 10.2. The van der Waals surface area contributed by atoms with Gasteiger partial charge in [-0.1, -0.05) is 53.9 Å². The number of rotatable bonds is 2. The standard InChI is InChI=1S/C17H11ClO/c18-16-10-6-15(7-11-16)9-13-17(19)12-8-14-4-2-1-3-5-14/h1-8,10-12H/b12-8+. The molecule has 0 N–H and O–H groups in total. The number of benzene rings is 2. The zero-order valence-electron chi connectivity index (χ0n) is 10.1. The van der Waals surface area contributed by atoms with E-state index in [1.807, 2.05) is 30.3 Å². The molecule has 2 heteroatoms. The summed E-state index contributed by atoms with van der Waals surface area (Å²) in [5.74, 6) is 5.14. The van der Waals surface area contributed by atoms with Crippen LogP contribution in [-0.4, -0.2) is 5.78 Å². The molecule has 0 fully saturated rings. The van der Waals surface area contributed by atoms with Crippen molar-refractivity contribution in [1.29, 1.82) is 0 Å². The number of hydrogen-bond acceptors (Lipinski definition) is 1. The van der Waals surface area contributed by atoms with Crippen LogP contribution in [0.3, 0.4) is 0 Å². The molecule has 0 unspecified atom stereocenters. The highest BCUT2D eigenvalue weighted by molar-refractivity contribution is 6.30. The fourth-order valence-corrected chi connectivity index (χ4v) is 1.57. The molecule has 1 nitrogen and oxygen atoms in total. The summed E-state index contributed by atoms with van der Waals surface area (Å²) in [6, 6.07) is 16.7. The summed E-state index contributed by atoms with van der Waals surface area (Å²) in [5, 5.41) is 0.654. The molecule has 0 atom stereocenters. The normalized spacial score (nSPS) is 9.95. The number of carbonyl (C=O) groups excluding carboxylic acids is 1. The fourth-order valence-electron chi connectivity index (χ4n) is 1.44. The molecule has 0 saturated carbocycles.